The number of amidine groups is 1. The van der Waals surface area contributed by atoms with Gasteiger partial charge in [0.05, 0.1) is 0 Å². The van der Waals surface area contributed by atoms with Gasteiger partial charge in [-0.2, -0.15) is 4.99 Å². The second kappa shape index (κ2) is 9.48. The first-order valence-electron chi connectivity index (χ1n) is 9.72. The number of hydrogen-bond donors (Lipinski definition) is 4. The van der Waals surface area contributed by atoms with E-state index in [-0.39, 0.29) is 6.03 Å². The molecule has 0 aromatic heterocycles. The quantitative estimate of drug-likeness (QED) is 0.432. The first-order chi connectivity index (χ1) is 14.5. The summed E-state index contributed by atoms with van der Waals surface area (Å²) in [5.74, 6) is 3.56. The fourth-order valence-electron chi connectivity index (χ4n) is 2.91. The van der Waals surface area contributed by atoms with Crippen molar-refractivity contribution < 1.29 is 4.79 Å². The Bertz CT molecular complexity index is 1080. The zero-order valence-corrected chi connectivity index (χ0v) is 17.3. The molecule has 0 spiro atoms. The fourth-order valence-corrected chi connectivity index (χ4v) is 2.91. The number of urea groups is 1. The molecule has 1 heterocycles. The zero-order valence-electron chi connectivity index (χ0n) is 17.3. The number of carbonyl (C=O) groups excluding carboxylic acids is 1. The average Bonchev–Trinajstić information content (AvgIpc) is 3.18. The molecule has 0 radical (unpaired) electrons. The first kappa shape index (κ1) is 20.7. The Labute approximate surface area is 177 Å². The number of carbonyl (C=O) groups is 1. The molecule has 0 bridgehead atoms. The summed E-state index contributed by atoms with van der Waals surface area (Å²) in [6, 6.07) is 17.0. The van der Waals surface area contributed by atoms with E-state index in [0.717, 1.165) is 29.1 Å². The van der Waals surface area contributed by atoms with Gasteiger partial charge in [-0.05, 0) is 68.3 Å². The molecule has 2 aromatic carbocycles. The Morgan fingerprint density at radius 1 is 1.07 bits per heavy atom. The van der Waals surface area contributed by atoms with E-state index in [4.69, 9.17) is 5.73 Å². The third-order valence-corrected chi connectivity index (χ3v) is 4.69. The van der Waals surface area contributed by atoms with Crippen LogP contribution >= 0.6 is 0 Å². The van der Waals surface area contributed by atoms with Crippen LogP contribution < -0.4 is 21.7 Å². The van der Waals surface area contributed by atoms with Gasteiger partial charge in [0.2, 0.25) is 0 Å². The van der Waals surface area contributed by atoms with E-state index in [0.29, 0.717) is 17.1 Å². The van der Waals surface area contributed by atoms with Gasteiger partial charge < -0.3 is 21.7 Å². The maximum Gasteiger partial charge on any atom is 0.323 e. The summed E-state index contributed by atoms with van der Waals surface area (Å²) in [5.41, 5.74) is 11.9. The molecule has 0 aliphatic carbocycles. The van der Waals surface area contributed by atoms with Crippen LogP contribution in [-0.2, 0) is 0 Å². The fraction of sp³-hybridized carbons (Fsp3) is 0.167. The normalized spacial score (nSPS) is 15.6. The van der Waals surface area contributed by atoms with Crippen LogP contribution in [0.4, 0.5) is 21.9 Å². The highest BCUT2D eigenvalue weighted by molar-refractivity contribution is 6.12. The van der Waals surface area contributed by atoms with Gasteiger partial charge in [0.15, 0.2) is 0 Å². The zero-order chi connectivity index (χ0) is 21.5. The van der Waals surface area contributed by atoms with Crippen molar-refractivity contribution >= 4 is 34.6 Å². The van der Waals surface area contributed by atoms with Crippen LogP contribution in [0.15, 0.2) is 70.7 Å². The molecular weight excluding hydrogens is 374 g/mol. The SMILES string of the molecule is CC#CN=C1NC(c2ccc(NC(=O)Nc3ccc(N)cc3)cc2)=C/C1=C(/C)CC. The van der Waals surface area contributed by atoms with Crippen LogP contribution in [0.25, 0.3) is 5.70 Å². The van der Waals surface area contributed by atoms with Crippen molar-refractivity contribution in [3.8, 4) is 12.0 Å². The average molecular weight is 399 g/mol. The predicted molar refractivity (Wildman–Crippen MR) is 125 cm³/mol. The van der Waals surface area contributed by atoms with Crippen LogP contribution in [0.5, 0.6) is 0 Å². The standard InChI is InChI=1S/C24H25N5O/c1-4-14-26-23-21(16(3)5-2)15-22(29-23)17-6-10-19(11-7-17)27-24(30)28-20-12-8-18(25)9-13-20/h6-13,15H,5,25H2,1-3H3,(H,26,29)(H2,27,28,30)/b21-16+. The lowest BCUT2D eigenvalue weighted by atomic mass is 10.1. The summed E-state index contributed by atoms with van der Waals surface area (Å²) in [7, 11) is 0. The van der Waals surface area contributed by atoms with E-state index in [1.54, 1.807) is 31.2 Å². The Hall–Kier alpha value is -3.98. The van der Waals surface area contributed by atoms with Crippen molar-refractivity contribution in [2.24, 2.45) is 4.99 Å². The van der Waals surface area contributed by atoms with Crippen LogP contribution in [0.2, 0.25) is 0 Å². The van der Waals surface area contributed by atoms with Crippen LogP contribution in [-0.4, -0.2) is 11.9 Å². The molecule has 2 aromatic rings. The number of allylic oxidation sites excluding steroid dienone is 1. The summed E-state index contributed by atoms with van der Waals surface area (Å²) in [6.45, 7) is 5.98. The molecule has 1 aliphatic rings. The third kappa shape index (κ3) is 5.09. The number of rotatable bonds is 4. The molecule has 2 amide bonds. The minimum atomic E-state index is -0.318. The Kier molecular flexibility index (Phi) is 6.56. The lowest BCUT2D eigenvalue weighted by Gasteiger charge is -2.09. The maximum atomic E-state index is 12.2. The smallest absolute Gasteiger partial charge is 0.323 e. The van der Waals surface area contributed by atoms with Crippen molar-refractivity contribution in [2.45, 2.75) is 27.2 Å². The van der Waals surface area contributed by atoms with E-state index in [1.807, 2.05) is 24.3 Å². The van der Waals surface area contributed by atoms with Gasteiger partial charge in [0.1, 0.15) is 5.84 Å². The van der Waals surface area contributed by atoms with Crippen molar-refractivity contribution in [3.05, 3.63) is 71.3 Å². The van der Waals surface area contributed by atoms with Gasteiger partial charge in [-0.1, -0.05) is 30.6 Å². The number of amides is 2. The van der Waals surface area contributed by atoms with Crippen LogP contribution in [0.3, 0.4) is 0 Å². The minimum Gasteiger partial charge on any atom is -0.399 e. The molecule has 5 N–H and O–H groups in total. The number of nitrogens with zero attached hydrogens (tertiary/aromatic N) is 1. The molecule has 3 rings (SSSR count). The second-order valence-electron chi connectivity index (χ2n) is 6.83. The van der Waals surface area contributed by atoms with Gasteiger partial charge in [-0.15, -0.1) is 0 Å². The molecule has 6 nitrogen and oxygen atoms in total. The molecule has 30 heavy (non-hydrogen) atoms. The summed E-state index contributed by atoms with van der Waals surface area (Å²) in [4.78, 5) is 16.5. The molecule has 1 aliphatic heterocycles. The largest absolute Gasteiger partial charge is 0.399 e. The minimum absolute atomic E-state index is 0.318. The number of nitrogens with one attached hydrogen (secondary N) is 3. The number of hydrogen-bond acceptors (Lipinski definition) is 3. The Balaban J connectivity index is 1.71. The lowest BCUT2D eigenvalue weighted by molar-refractivity contribution is 0.262. The summed E-state index contributed by atoms with van der Waals surface area (Å²) in [6.07, 6.45) is 3.02. The van der Waals surface area contributed by atoms with Crippen molar-refractivity contribution in [3.63, 3.8) is 0 Å². The second-order valence-corrected chi connectivity index (χ2v) is 6.83. The van der Waals surface area contributed by atoms with Gasteiger partial charge in [0, 0.05) is 34.4 Å². The summed E-state index contributed by atoms with van der Waals surface area (Å²) >= 11 is 0. The summed E-state index contributed by atoms with van der Waals surface area (Å²) in [5, 5.41) is 8.94. The number of anilines is 3. The van der Waals surface area contributed by atoms with Crippen molar-refractivity contribution in [2.75, 3.05) is 16.4 Å². The molecule has 0 atom stereocenters. The van der Waals surface area contributed by atoms with Gasteiger partial charge in [0.25, 0.3) is 0 Å². The van der Waals surface area contributed by atoms with Crippen molar-refractivity contribution in [1.29, 1.82) is 0 Å². The molecule has 0 fully saturated rings. The van der Waals surface area contributed by atoms with E-state index >= 15 is 0 Å². The topological polar surface area (TPSA) is 91.5 Å². The van der Waals surface area contributed by atoms with Gasteiger partial charge >= 0.3 is 6.03 Å². The highest BCUT2D eigenvalue weighted by Gasteiger charge is 2.19. The van der Waals surface area contributed by atoms with Crippen LogP contribution in [0, 0.1) is 12.0 Å². The Morgan fingerprint density at radius 3 is 2.23 bits per heavy atom. The molecular formula is C24H25N5O. The van der Waals surface area contributed by atoms with Crippen molar-refractivity contribution in [1.82, 2.24) is 5.32 Å². The van der Waals surface area contributed by atoms with E-state index in [1.165, 1.54) is 5.57 Å². The van der Waals surface area contributed by atoms with E-state index in [9.17, 15) is 4.79 Å². The molecule has 0 saturated carbocycles. The molecule has 152 valence electrons. The number of aliphatic imine (C=N–C) groups is 1. The lowest BCUT2D eigenvalue weighted by Crippen LogP contribution is -2.19. The van der Waals surface area contributed by atoms with Gasteiger partial charge in [-0.25, -0.2) is 4.79 Å². The third-order valence-electron chi connectivity index (χ3n) is 4.69. The maximum absolute atomic E-state index is 12.2. The first-order valence-corrected chi connectivity index (χ1v) is 9.72. The van der Waals surface area contributed by atoms with Crippen LogP contribution in [0.1, 0.15) is 32.8 Å². The highest BCUT2D eigenvalue weighted by Crippen LogP contribution is 2.25. The Morgan fingerprint density at radius 2 is 1.67 bits per heavy atom. The van der Waals surface area contributed by atoms with E-state index < -0.39 is 0 Å². The monoisotopic (exact) mass is 399 g/mol. The number of benzene rings is 2. The number of nitrogens with two attached hydrogens (primary N) is 1. The molecule has 6 heteroatoms. The molecule has 0 saturated heterocycles. The number of nitrogen functional groups attached to an aromatic ring is 1. The van der Waals surface area contributed by atoms with E-state index in [2.05, 4.69) is 52.8 Å². The molecule has 0 unspecified atom stereocenters. The summed E-state index contributed by atoms with van der Waals surface area (Å²) < 4.78 is 0. The van der Waals surface area contributed by atoms with Gasteiger partial charge in [-0.3, -0.25) is 0 Å². The predicted octanol–water partition coefficient (Wildman–Crippen LogP) is 4.96. The highest BCUT2D eigenvalue weighted by atomic mass is 16.2.